The van der Waals surface area contributed by atoms with E-state index >= 15 is 0 Å². The van der Waals surface area contributed by atoms with E-state index in [1.807, 2.05) is 0 Å². The van der Waals surface area contributed by atoms with E-state index in [-0.39, 0.29) is 29.8 Å². The minimum absolute atomic E-state index is 0.00809. The van der Waals surface area contributed by atoms with E-state index < -0.39 is 0 Å². The number of pyridine rings is 1. The molecule has 1 heterocycles. The van der Waals surface area contributed by atoms with Gasteiger partial charge in [0, 0.05) is 18.3 Å². The third-order valence-corrected chi connectivity index (χ3v) is 4.03. The molecule has 5 heteroatoms. The SMILES string of the molecule is CC[C@@H](NC(=O)c1ccc(OCc2cccc(F)c2)nc1)C(C)(C)C. The summed E-state index contributed by atoms with van der Waals surface area (Å²) in [4.78, 5) is 16.5. The quantitative estimate of drug-likeness (QED) is 0.847. The van der Waals surface area contributed by atoms with Gasteiger partial charge in [-0.2, -0.15) is 0 Å². The minimum atomic E-state index is -0.301. The zero-order chi connectivity index (χ0) is 18.4. The molecule has 0 unspecified atom stereocenters. The third kappa shape index (κ3) is 5.55. The van der Waals surface area contributed by atoms with E-state index in [0.717, 1.165) is 12.0 Å². The molecule has 0 radical (unpaired) electrons. The van der Waals surface area contributed by atoms with Crippen LogP contribution in [-0.2, 0) is 6.61 Å². The predicted molar refractivity (Wildman–Crippen MR) is 96.0 cm³/mol. The Balaban J connectivity index is 1.96. The Kier molecular flexibility index (Phi) is 6.12. The number of benzene rings is 1. The summed E-state index contributed by atoms with van der Waals surface area (Å²) < 4.78 is 18.7. The van der Waals surface area contributed by atoms with Gasteiger partial charge in [0.05, 0.1) is 5.56 Å². The summed E-state index contributed by atoms with van der Waals surface area (Å²) in [6.45, 7) is 8.57. The van der Waals surface area contributed by atoms with Crippen molar-refractivity contribution in [1.29, 1.82) is 0 Å². The predicted octanol–water partition coefficient (Wildman–Crippen LogP) is 4.35. The Morgan fingerprint density at radius 3 is 2.60 bits per heavy atom. The number of hydrogen-bond donors (Lipinski definition) is 1. The lowest BCUT2D eigenvalue weighted by Gasteiger charge is -2.30. The summed E-state index contributed by atoms with van der Waals surface area (Å²) >= 11 is 0. The summed E-state index contributed by atoms with van der Waals surface area (Å²) in [5.74, 6) is -0.0555. The zero-order valence-electron chi connectivity index (χ0n) is 15.2. The molecule has 0 saturated carbocycles. The van der Waals surface area contributed by atoms with Crippen molar-refractivity contribution >= 4 is 5.91 Å². The summed E-state index contributed by atoms with van der Waals surface area (Å²) in [6, 6.07) is 9.63. The van der Waals surface area contributed by atoms with Crippen LogP contribution in [0.15, 0.2) is 42.6 Å². The molecule has 0 aliphatic carbocycles. The molecule has 0 aliphatic heterocycles. The molecule has 0 bridgehead atoms. The van der Waals surface area contributed by atoms with Crippen LogP contribution in [0.2, 0.25) is 0 Å². The Morgan fingerprint density at radius 1 is 1.28 bits per heavy atom. The molecule has 1 aromatic heterocycles. The average Bonchev–Trinajstić information content (AvgIpc) is 2.57. The summed E-state index contributed by atoms with van der Waals surface area (Å²) in [6.07, 6.45) is 2.35. The van der Waals surface area contributed by atoms with Crippen molar-refractivity contribution in [3.63, 3.8) is 0 Å². The van der Waals surface area contributed by atoms with Gasteiger partial charge < -0.3 is 10.1 Å². The fourth-order valence-corrected chi connectivity index (χ4v) is 2.56. The second-order valence-electron chi connectivity index (χ2n) is 7.10. The zero-order valence-corrected chi connectivity index (χ0v) is 15.2. The highest BCUT2D eigenvalue weighted by Gasteiger charge is 2.24. The highest BCUT2D eigenvalue weighted by atomic mass is 19.1. The first-order valence-corrected chi connectivity index (χ1v) is 8.43. The van der Waals surface area contributed by atoms with Crippen LogP contribution in [0.4, 0.5) is 4.39 Å². The smallest absolute Gasteiger partial charge is 0.253 e. The van der Waals surface area contributed by atoms with Gasteiger partial charge in [-0.1, -0.05) is 39.8 Å². The fraction of sp³-hybridized carbons (Fsp3) is 0.400. The number of carbonyl (C=O) groups is 1. The van der Waals surface area contributed by atoms with Crippen LogP contribution in [0, 0.1) is 11.2 Å². The molecule has 1 aromatic carbocycles. The normalized spacial score (nSPS) is 12.5. The molecule has 25 heavy (non-hydrogen) atoms. The van der Waals surface area contributed by atoms with Crippen LogP contribution in [0.5, 0.6) is 5.88 Å². The van der Waals surface area contributed by atoms with E-state index in [1.165, 1.54) is 18.3 Å². The second-order valence-corrected chi connectivity index (χ2v) is 7.10. The fourth-order valence-electron chi connectivity index (χ4n) is 2.56. The number of ether oxygens (including phenoxy) is 1. The molecule has 4 nitrogen and oxygen atoms in total. The maximum atomic E-state index is 13.1. The van der Waals surface area contributed by atoms with Gasteiger partial charge in [0.1, 0.15) is 12.4 Å². The minimum Gasteiger partial charge on any atom is -0.473 e. The van der Waals surface area contributed by atoms with E-state index in [0.29, 0.717) is 11.4 Å². The molecule has 134 valence electrons. The summed E-state index contributed by atoms with van der Waals surface area (Å²) in [5.41, 5.74) is 1.20. The number of rotatable bonds is 6. The lowest BCUT2D eigenvalue weighted by atomic mass is 9.85. The van der Waals surface area contributed by atoms with Crippen LogP contribution in [-0.4, -0.2) is 16.9 Å². The van der Waals surface area contributed by atoms with E-state index in [9.17, 15) is 9.18 Å². The lowest BCUT2D eigenvalue weighted by molar-refractivity contribution is 0.0899. The van der Waals surface area contributed by atoms with Crippen LogP contribution >= 0.6 is 0 Å². The van der Waals surface area contributed by atoms with Crippen molar-refractivity contribution in [2.24, 2.45) is 5.41 Å². The number of halogens is 1. The molecule has 0 aliphatic rings. The molecular formula is C20H25FN2O2. The van der Waals surface area contributed by atoms with Crippen molar-refractivity contribution in [2.45, 2.75) is 46.8 Å². The Labute approximate surface area is 148 Å². The van der Waals surface area contributed by atoms with Crippen LogP contribution in [0.1, 0.15) is 50.0 Å². The number of aromatic nitrogens is 1. The maximum Gasteiger partial charge on any atom is 0.253 e. The summed E-state index contributed by atoms with van der Waals surface area (Å²) in [5, 5.41) is 3.05. The van der Waals surface area contributed by atoms with Gasteiger partial charge in [0.2, 0.25) is 5.88 Å². The number of hydrogen-bond acceptors (Lipinski definition) is 3. The first-order chi connectivity index (χ1) is 11.8. The van der Waals surface area contributed by atoms with Crippen molar-refractivity contribution in [3.8, 4) is 5.88 Å². The first-order valence-electron chi connectivity index (χ1n) is 8.43. The molecule has 0 fully saturated rings. The van der Waals surface area contributed by atoms with Crippen LogP contribution in [0.25, 0.3) is 0 Å². The van der Waals surface area contributed by atoms with Gasteiger partial charge in [0.25, 0.3) is 5.91 Å². The second kappa shape index (κ2) is 8.10. The molecule has 2 rings (SSSR count). The van der Waals surface area contributed by atoms with Gasteiger partial charge in [-0.3, -0.25) is 4.79 Å². The van der Waals surface area contributed by atoms with Crippen LogP contribution in [0.3, 0.4) is 0 Å². The maximum absolute atomic E-state index is 13.1. The topological polar surface area (TPSA) is 51.2 Å². The standard InChI is InChI=1S/C20H25FN2O2/c1-5-17(20(2,3)4)23-19(24)15-9-10-18(22-12-15)25-13-14-7-6-8-16(21)11-14/h6-12,17H,5,13H2,1-4H3,(H,23,24)/t17-/m1/s1. The molecule has 2 aromatic rings. The van der Waals surface area contributed by atoms with Crippen molar-refractivity contribution in [2.75, 3.05) is 0 Å². The Hall–Kier alpha value is -2.43. The largest absolute Gasteiger partial charge is 0.473 e. The highest BCUT2D eigenvalue weighted by Crippen LogP contribution is 2.22. The molecule has 1 amide bonds. The molecular weight excluding hydrogens is 319 g/mol. The Bertz CT molecular complexity index is 708. The Morgan fingerprint density at radius 2 is 2.04 bits per heavy atom. The van der Waals surface area contributed by atoms with Gasteiger partial charge >= 0.3 is 0 Å². The van der Waals surface area contributed by atoms with Crippen LogP contribution < -0.4 is 10.1 Å². The number of amides is 1. The highest BCUT2D eigenvalue weighted by molar-refractivity contribution is 5.94. The number of nitrogens with zero attached hydrogens (tertiary/aromatic N) is 1. The third-order valence-electron chi connectivity index (χ3n) is 4.03. The van der Waals surface area contributed by atoms with E-state index in [1.54, 1.807) is 24.3 Å². The van der Waals surface area contributed by atoms with Crippen molar-refractivity contribution in [3.05, 3.63) is 59.5 Å². The lowest BCUT2D eigenvalue weighted by Crippen LogP contribution is -2.43. The number of nitrogens with one attached hydrogen (secondary N) is 1. The molecule has 0 spiro atoms. The van der Waals surface area contributed by atoms with Gasteiger partial charge in [0.15, 0.2) is 0 Å². The monoisotopic (exact) mass is 344 g/mol. The molecule has 1 N–H and O–H groups in total. The van der Waals surface area contributed by atoms with Crippen molar-refractivity contribution in [1.82, 2.24) is 10.3 Å². The van der Waals surface area contributed by atoms with E-state index in [2.05, 4.69) is 38.0 Å². The van der Waals surface area contributed by atoms with Gasteiger partial charge in [-0.25, -0.2) is 9.37 Å². The van der Waals surface area contributed by atoms with Crippen molar-refractivity contribution < 1.29 is 13.9 Å². The van der Waals surface area contributed by atoms with Gasteiger partial charge in [-0.05, 0) is 35.6 Å². The average molecular weight is 344 g/mol. The first kappa shape index (κ1) is 18.9. The summed E-state index contributed by atoms with van der Waals surface area (Å²) in [7, 11) is 0. The van der Waals surface area contributed by atoms with E-state index in [4.69, 9.17) is 4.74 Å². The van der Waals surface area contributed by atoms with Gasteiger partial charge in [-0.15, -0.1) is 0 Å². The molecule has 1 atom stereocenters. The molecule has 0 saturated heterocycles. The number of carbonyl (C=O) groups excluding carboxylic acids is 1.